The molecule has 1 aromatic carbocycles. The molecule has 0 saturated carbocycles. The molecule has 0 radical (unpaired) electrons. The van der Waals surface area contributed by atoms with E-state index in [1.807, 2.05) is 0 Å². The highest BCUT2D eigenvalue weighted by Crippen LogP contribution is 2.40. The van der Waals surface area contributed by atoms with Gasteiger partial charge in [0.1, 0.15) is 5.75 Å². The molecule has 2 rings (SSSR count). The summed E-state index contributed by atoms with van der Waals surface area (Å²) in [5.41, 5.74) is 0.541. The van der Waals surface area contributed by atoms with E-state index in [1.54, 1.807) is 25.1 Å². The topological polar surface area (TPSA) is 69.4 Å². The first-order chi connectivity index (χ1) is 9.38. The van der Waals surface area contributed by atoms with Crippen molar-refractivity contribution in [3.8, 4) is 10.8 Å². The van der Waals surface area contributed by atoms with Gasteiger partial charge in [-0.25, -0.2) is 0 Å². The Bertz CT molecular complexity index is 696. The van der Waals surface area contributed by atoms with Crippen molar-refractivity contribution < 1.29 is 14.5 Å². The predicted octanol–water partition coefficient (Wildman–Crippen LogP) is 4.61. The van der Waals surface area contributed by atoms with Gasteiger partial charge in [-0.3, -0.25) is 14.9 Å². The molecule has 1 heterocycles. The molecule has 0 aliphatic rings. The van der Waals surface area contributed by atoms with Gasteiger partial charge in [0.05, 0.1) is 9.80 Å². The normalized spacial score (nSPS) is 10.3. The Morgan fingerprint density at radius 3 is 2.65 bits per heavy atom. The average Bonchev–Trinajstić information content (AvgIpc) is 2.77. The molecule has 0 N–H and O–H groups in total. The molecule has 0 unspecified atom stereocenters. The van der Waals surface area contributed by atoms with Crippen LogP contribution in [0.1, 0.15) is 22.2 Å². The van der Waals surface area contributed by atoms with Gasteiger partial charge in [-0.2, -0.15) is 0 Å². The van der Waals surface area contributed by atoms with Crippen LogP contribution in [0.3, 0.4) is 0 Å². The number of thiophene rings is 1. The van der Waals surface area contributed by atoms with Gasteiger partial charge in [0.15, 0.2) is 5.78 Å². The van der Waals surface area contributed by atoms with Gasteiger partial charge >= 0.3 is 5.69 Å². The van der Waals surface area contributed by atoms with Crippen LogP contribution < -0.4 is 4.74 Å². The lowest BCUT2D eigenvalue weighted by Crippen LogP contribution is -1.91. The van der Waals surface area contributed by atoms with Gasteiger partial charge in [0.2, 0.25) is 0 Å². The molecule has 0 amide bonds. The molecular weight excluding hydrogens is 302 g/mol. The second-order valence-corrected chi connectivity index (χ2v) is 5.56. The van der Waals surface area contributed by atoms with Crippen LogP contribution in [-0.4, -0.2) is 10.7 Å². The number of carbonyl (C=O) groups is 1. The molecule has 104 valence electrons. The zero-order chi connectivity index (χ0) is 14.9. The highest BCUT2D eigenvalue weighted by atomic mass is 35.5. The third-order valence-electron chi connectivity index (χ3n) is 2.56. The maximum atomic E-state index is 11.3. The molecule has 7 heteroatoms. The summed E-state index contributed by atoms with van der Waals surface area (Å²) in [6, 6.07) is 6.19. The molecule has 0 saturated heterocycles. The number of halogens is 1. The number of ketones is 1. The summed E-state index contributed by atoms with van der Waals surface area (Å²) in [6.45, 7) is 3.14. The Kier molecular flexibility index (Phi) is 4.06. The Morgan fingerprint density at radius 2 is 2.10 bits per heavy atom. The first-order valence-electron chi connectivity index (χ1n) is 5.61. The Labute approximate surface area is 123 Å². The van der Waals surface area contributed by atoms with E-state index in [1.165, 1.54) is 13.0 Å². The lowest BCUT2D eigenvalue weighted by Gasteiger charge is -2.06. The second kappa shape index (κ2) is 5.60. The number of nitrogens with zero attached hydrogens (tertiary/aromatic N) is 1. The van der Waals surface area contributed by atoms with Crippen molar-refractivity contribution >= 4 is 34.4 Å². The smallest absolute Gasteiger partial charge is 0.323 e. The number of rotatable bonds is 4. The summed E-state index contributed by atoms with van der Waals surface area (Å²) in [5, 5.41) is 11.6. The molecule has 0 atom stereocenters. The largest absolute Gasteiger partial charge is 0.440 e. The zero-order valence-corrected chi connectivity index (χ0v) is 12.2. The quantitative estimate of drug-likeness (QED) is 0.469. The van der Waals surface area contributed by atoms with E-state index in [9.17, 15) is 14.9 Å². The van der Waals surface area contributed by atoms with Crippen molar-refractivity contribution in [2.75, 3.05) is 0 Å². The van der Waals surface area contributed by atoms with Gasteiger partial charge in [0, 0.05) is 11.1 Å². The van der Waals surface area contributed by atoms with Crippen LogP contribution in [0.2, 0.25) is 5.02 Å². The molecule has 5 nitrogen and oxygen atoms in total. The number of nitro groups is 1. The summed E-state index contributed by atoms with van der Waals surface area (Å²) < 4.78 is 5.55. The molecule has 0 bridgehead atoms. The molecule has 0 spiro atoms. The number of benzene rings is 1. The number of aryl methyl sites for hydroxylation is 1. The minimum Gasteiger partial charge on any atom is -0.440 e. The van der Waals surface area contributed by atoms with Gasteiger partial charge in [0.25, 0.3) is 5.06 Å². The fourth-order valence-corrected chi connectivity index (χ4v) is 2.68. The lowest BCUT2D eigenvalue weighted by molar-refractivity contribution is -0.385. The summed E-state index contributed by atoms with van der Waals surface area (Å²) in [7, 11) is 0. The number of hydrogen-bond donors (Lipinski definition) is 0. The fraction of sp³-hybridized carbons (Fsp3) is 0.154. The van der Waals surface area contributed by atoms with E-state index in [4.69, 9.17) is 16.3 Å². The maximum Gasteiger partial charge on any atom is 0.323 e. The van der Waals surface area contributed by atoms with Crippen molar-refractivity contribution in [1.29, 1.82) is 0 Å². The molecular formula is C13H10ClNO4S. The van der Waals surface area contributed by atoms with Crippen molar-refractivity contribution in [2.24, 2.45) is 0 Å². The number of ether oxygens (including phenoxy) is 1. The number of Topliss-reactive ketones (excluding diaryl/α,β-unsaturated/α-hetero) is 1. The van der Waals surface area contributed by atoms with E-state index < -0.39 is 4.92 Å². The van der Waals surface area contributed by atoms with Gasteiger partial charge in [-0.05, 0) is 37.6 Å². The summed E-state index contributed by atoms with van der Waals surface area (Å²) in [6.07, 6.45) is 0. The van der Waals surface area contributed by atoms with Crippen LogP contribution in [0.4, 0.5) is 5.69 Å². The Morgan fingerprint density at radius 1 is 1.40 bits per heavy atom. The van der Waals surface area contributed by atoms with E-state index in [2.05, 4.69) is 0 Å². The lowest BCUT2D eigenvalue weighted by atomic mass is 10.2. The SMILES string of the molecule is CC(=O)c1cc([N+](=O)[O-])c(Oc2ccc(Cl)cc2C)s1. The van der Waals surface area contributed by atoms with Crippen molar-refractivity contribution in [3.05, 3.63) is 49.8 Å². The number of carbonyl (C=O) groups excluding carboxylic acids is 1. The van der Waals surface area contributed by atoms with Crippen LogP contribution in [-0.2, 0) is 0 Å². The molecule has 0 aliphatic carbocycles. The van der Waals surface area contributed by atoms with E-state index >= 15 is 0 Å². The standard InChI is InChI=1S/C13H10ClNO4S/c1-7-5-9(14)3-4-11(7)19-13-10(15(17)18)6-12(20-13)8(2)16/h3-6H,1-2H3. The van der Waals surface area contributed by atoms with E-state index in [0.29, 0.717) is 15.6 Å². The van der Waals surface area contributed by atoms with Gasteiger partial charge in [-0.15, -0.1) is 0 Å². The van der Waals surface area contributed by atoms with Crippen LogP contribution in [0.5, 0.6) is 10.8 Å². The summed E-state index contributed by atoms with van der Waals surface area (Å²) in [4.78, 5) is 22.0. The minimum atomic E-state index is -0.566. The summed E-state index contributed by atoms with van der Waals surface area (Å²) in [5.74, 6) is 0.232. The third-order valence-corrected chi connectivity index (χ3v) is 3.90. The molecule has 0 aliphatic heterocycles. The first-order valence-corrected chi connectivity index (χ1v) is 6.81. The first kappa shape index (κ1) is 14.5. The Hall–Kier alpha value is -1.92. The van der Waals surface area contributed by atoms with Crippen molar-refractivity contribution in [2.45, 2.75) is 13.8 Å². The van der Waals surface area contributed by atoms with Crippen molar-refractivity contribution in [3.63, 3.8) is 0 Å². The second-order valence-electron chi connectivity index (χ2n) is 4.11. The predicted molar refractivity (Wildman–Crippen MR) is 77.2 cm³/mol. The molecule has 20 heavy (non-hydrogen) atoms. The molecule has 0 fully saturated rings. The van der Waals surface area contributed by atoms with Gasteiger partial charge < -0.3 is 4.74 Å². The molecule has 2 aromatic rings. The zero-order valence-electron chi connectivity index (χ0n) is 10.7. The maximum absolute atomic E-state index is 11.3. The van der Waals surface area contributed by atoms with Crippen molar-refractivity contribution in [1.82, 2.24) is 0 Å². The van der Waals surface area contributed by atoms with Crippen LogP contribution in [0, 0.1) is 17.0 Å². The highest BCUT2D eigenvalue weighted by molar-refractivity contribution is 7.16. The summed E-state index contributed by atoms with van der Waals surface area (Å²) >= 11 is 6.80. The monoisotopic (exact) mass is 311 g/mol. The van der Waals surface area contributed by atoms with Crippen LogP contribution in [0.15, 0.2) is 24.3 Å². The van der Waals surface area contributed by atoms with Crippen LogP contribution >= 0.6 is 22.9 Å². The molecule has 1 aromatic heterocycles. The number of hydrogen-bond acceptors (Lipinski definition) is 5. The Balaban J connectivity index is 2.42. The third kappa shape index (κ3) is 2.97. The highest BCUT2D eigenvalue weighted by Gasteiger charge is 2.23. The van der Waals surface area contributed by atoms with Crippen LogP contribution in [0.25, 0.3) is 0 Å². The fourth-order valence-electron chi connectivity index (χ4n) is 1.57. The van der Waals surface area contributed by atoms with E-state index in [-0.39, 0.29) is 16.5 Å². The average molecular weight is 312 g/mol. The van der Waals surface area contributed by atoms with E-state index in [0.717, 1.165) is 16.9 Å². The van der Waals surface area contributed by atoms with Gasteiger partial charge in [-0.1, -0.05) is 22.9 Å². The minimum absolute atomic E-state index is 0.0885.